The minimum Gasteiger partial charge on any atom is -0.292 e. The monoisotopic (exact) mass is 688 g/mol. The standard InChI is InChI=1S/C52H36N2/c1-52(2)45-21-11-10-18-39(45)42-31-43-44(32-46(42)52)50(37-29-24-33-14-6-7-15-36(33)30-37)41-20-9-8-19-40(41)49(43)34-25-27-35(28-26-34)51-53-47-22-12-13-23-48(47)54(51)38-16-4-3-5-17-38/h3-32H,1-2H3. The highest BCUT2D eigenvalue weighted by molar-refractivity contribution is 6.23. The Labute approximate surface area is 314 Å². The van der Waals surface area contributed by atoms with Gasteiger partial charge in [0.1, 0.15) is 5.82 Å². The first-order valence-corrected chi connectivity index (χ1v) is 18.8. The Hall–Kier alpha value is -6.77. The van der Waals surface area contributed by atoms with Crippen LogP contribution in [0.5, 0.6) is 0 Å². The van der Waals surface area contributed by atoms with Crippen LogP contribution in [0, 0.1) is 0 Å². The molecule has 1 heterocycles. The van der Waals surface area contributed by atoms with Gasteiger partial charge in [-0.25, -0.2) is 4.98 Å². The van der Waals surface area contributed by atoms with Crippen LogP contribution in [0.25, 0.3) is 93.8 Å². The van der Waals surface area contributed by atoms with Crippen molar-refractivity contribution in [1.82, 2.24) is 9.55 Å². The van der Waals surface area contributed by atoms with E-state index in [1.165, 1.54) is 76.8 Å². The van der Waals surface area contributed by atoms with Gasteiger partial charge in [0.15, 0.2) is 0 Å². The average Bonchev–Trinajstić information content (AvgIpc) is 3.72. The molecule has 9 aromatic carbocycles. The second-order valence-electron chi connectivity index (χ2n) is 15.1. The molecule has 0 radical (unpaired) electrons. The summed E-state index contributed by atoms with van der Waals surface area (Å²) < 4.78 is 2.27. The number of hydrogen-bond acceptors (Lipinski definition) is 1. The number of para-hydroxylation sites is 3. The lowest BCUT2D eigenvalue weighted by Gasteiger charge is -2.24. The van der Waals surface area contributed by atoms with Crippen LogP contribution in [-0.2, 0) is 5.41 Å². The molecule has 0 amide bonds. The third-order valence-corrected chi connectivity index (χ3v) is 11.8. The third-order valence-electron chi connectivity index (χ3n) is 11.8. The number of fused-ring (bicyclic) bond motifs is 7. The van der Waals surface area contributed by atoms with Crippen molar-refractivity contribution < 1.29 is 0 Å². The van der Waals surface area contributed by atoms with Gasteiger partial charge in [0.2, 0.25) is 0 Å². The highest BCUT2D eigenvalue weighted by Gasteiger charge is 2.36. The third kappa shape index (κ3) is 4.50. The summed E-state index contributed by atoms with van der Waals surface area (Å²) in [5.74, 6) is 0.937. The highest BCUT2D eigenvalue weighted by Crippen LogP contribution is 2.53. The lowest BCUT2D eigenvalue weighted by atomic mass is 9.79. The van der Waals surface area contributed by atoms with Gasteiger partial charge in [-0.05, 0) is 119 Å². The highest BCUT2D eigenvalue weighted by atomic mass is 15.1. The van der Waals surface area contributed by atoms with Gasteiger partial charge in [-0.2, -0.15) is 0 Å². The van der Waals surface area contributed by atoms with Gasteiger partial charge >= 0.3 is 0 Å². The zero-order valence-electron chi connectivity index (χ0n) is 30.2. The number of hydrogen-bond donors (Lipinski definition) is 0. The lowest BCUT2D eigenvalue weighted by molar-refractivity contribution is 0.661. The van der Waals surface area contributed by atoms with E-state index >= 15 is 0 Å². The molecule has 0 saturated carbocycles. The van der Waals surface area contributed by atoms with E-state index in [4.69, 9.17) is 4.98 Å². The summed E-state index contributed by atoms with van der Waals surface area (Å²) in [6.45, 7) is 4.76. The van der Waals surface area contributed by atoms with E-state index < -0.39 is 0 Å². The molecule has 0 fully saturated rings. The number of imidazole rings is 1. The Morgan fingerprint density at radius 1 is 0.426 bits per heavy atom. The van der Waals surface area contributed by atoms with Crippen LogP contribution >= 0.6 is 0 Å². The molecule has 0 aliphatic heterocycles. The smallest absolute Gasteiger partial charge is 0.145 e. The second-order valence-corrected chi connectivity index (χ2v) is 15.1. The first-order chi connectivity index (χ1) is 26.5. The zero-order valence-corrected chi connectivity index (χ0v) is 30.2. The van der Waals surface area contributed by atoms with Crippen molar-refractivity contribution in [3.05, 3.63) is 193 Å². The number of aromatic nitrogens is 2. The van der Waals surface area contributed by atoms with E-state index in [1.807, 2.05) is 0 Å². The first-order valence-electron chi connectivity index (χ1n) is 18.8. The summed E-state index contributed by atoms with van der Waals surface area (Å²) in [5.41, 5.74) is 14.6. The molecule has 0 bridgehead atoms. The number of benzene rings is 9. The van der Waals surface area contributed by atoms with Gasteiger partial charge in [0.05, 0.1) is 11.0 Å². The van der Waals surface area contributed by atoms with Crippen molar-refractivity contribution >= 4 is 43.4 Å². The van der Waals surface area contributed by atoms with Crippen LogP contribution in [0.1, 0.15) is 25.0 Å². The molecule has 10 aromatic rings. The van der Waals surface area contributed by atoms with Crippen molar-refractivity contribution in [2.45, 2.75) is 19.3 Å². The van der Waals surface area contributed by atoms with E-state index in [-0.39, 0.29) is 5.41 Å². The minimum atomic E-state index is -0.113. The molecular formula is C52H36N2. The van der Waals surface area contributed by atoms with Gasteiger partial charge < -0.3 is 0 Å². The lowest BCUT2D eigenvalue weighted by Crippen LogP contribution is -2.14. The second kappa shape index (κ2) is 11.6. The Kier molecular flexibility index (Phi) is 6.63. The summed E-state index contributed by atoms with van der Waals surface area (Å²) in [6, 6.07) is 66.6. The largest absolute Gasteiger partial charge is 0.292 e. The molecule has 0 unspecified atom stereocenters. The van der Waals surface area contributed by atoms with Crippen molar-refractivity contribution in [3.8, 4) is 50.5 Å². The van der Waals surface area contributed by atoms with E-state index in [0.29, 0.717) is 0 Å². The van der Waals surface area contributed by atoms with E-state index in [2.05, 4.69) is 200 Å². The summed E-state index contributed by atoms with van der Waals surface area (Å²) in [6.07, 6.45) is 0. The molecular weight excluding hydrogens is 653 g/mol. The van der Waals surface area contributed by atoms with Gasteiger partial charge in [0.25, 0.3) is 0 Å². The van der Waals surface area contributed by atoms with Crippen LogP contribution in [0.4, 0.5) is 0 Å². The van der Waals surface area contributed by atoms with Crippen LogP contribution in [-0.4, -0.2) is 9.55 Å². The van der Waals surface area contributed by atoms with Gasteiger partial charge in [-0.1, -0.05) is 153 Å². The molecule has 2 heteroatoms. The molecule has 1 aromatic heterocycles. The summed E-state index contributed by atoms with van der Waals surface area (Å²) in [5, 5.41) is 7.58. The molecule has 11 rings (SSSR count). The maximum Gasteiger partial charge on any atom is 0.145 e. The van der Waals surface area contributed by atoms with Gasteiger partial charge in [-0.15, -0.1) is 0 Å². The molecule has 0 saturated heterocycles. The Balaban J connectivity index is 1.19. The molecule has 1 aliphatic rings. The Morgan fingerprint density at radius 3 is 1.85 bits per heavy atom. The minimum absolute atomic E-state index is 0.113. The SMILES string of the molecule is CC1(C)c2ccccc2-c2cc3c(-c4ccc(-c5nc6ccccc6n5-c5ccccc5)cc4)c4ccccc4c(-c4ccc5ccccc5c4)c3cc21. The number of nitrogens with zero attached hydrogens (tertiary/aromatic N) is 2. The fraction of sp³-hybridized carbons (Fsp3) is 0.0577. The maximum absolute atomic E-state index is 5.17. The fourth-order valence-electron chi connectivity index (χ4n) is 9.18. The predicted molar refractivity (Wildman–Crippen MR) is 227 cm³/mol. The molecule has 254 valence electrons. The van der Waals surface area contributed by atoms with Crippen LogP contribution < -0.4 is 0 Å². The van der Waals surface area contributed by atoms with E-state index in [1.54, 1.807) is 0 Å². The average molecular weight is 689 g/mol. The van der Waals surface area contributed by atoms with Crippen LogP contribution in [0.3, 0.4) is 0 Å². The quantitative estimate of drug-likeness (QED) is 0.168. The number of rotatable bonds is 4. The molecule has 0 N–H and O–H groups in total. The molecule has 0 atom stereocenters. The van der Waals surface area contributed by atoms with Crippen molar-refractivity contribution in [1.29, 1.82) is 0 Å². The van der Waals surface area contributed by atoms with Gasteiger partial charge in [-0.3, -0.25) is 4.57 Å². The molecule has 0 spiro atoms. The molecule has 54 heavy (non-hydrogen) atoms. The zero-order chi connectivity index (χ0) is 36.0. The predicted octanol–water partition coefficient (Wildman–Crippen LogP) is 13.8. The molecule has 1 aliphatic carbocycles. The van der Waals surface area contributed by atoms with Crippen molar-refractivity contribution in [2.24, 2.45) is 0 Å². The summed E-state index contributed by atoms with van der Waals surface area (Å²) >= 11 is 0. The molecule has 2 nitrogen and oxygen atoms in total. The van der Waals surface area contributed by atoms with Crippen molar-refractivity contribution in [3.63, 3.8) is 0 Å². The topological polar surface area (TPSA) is 17.8 Å². The Morgan fingerprint density at radius 2 is 1.04 bits per heavy atom. The first kappa shape index (κ1) is 30.8. The van der Waals surface area contributed by atoms with Crippen molar-refractivity contribution in [2.75, 3.05) is 0 Å². The summed E-state index contributed by atoms with van der Waals surface area (Å²) in [7, 11) is 0. The summed E-state index contributed by atoms with van der Waals surface area (Å²) in [4.78, 5) is 5.17. The van der Waals surface area contributed by atoms with E-state index in [9.17, 15) is 0 Å². The Bertz CT molecular complexity index is 3110. The normalized spacial score (nSPS) is 13.1. The van der Waals surface area contributed by atoms with Crippen LogP contribution in [0.2, 0.25) is 0 Å². The van der Waals surface area contributed by atoms with Gasteiger partial charge in [0, 0.05) is 16.7 Å². The van der Waals surface area contributed by atoms with Crippen LogP contribution in [0.15, 0.2) is 182 Å². The maximum atomic E-state index is 5.17. The van der Waals surface area contributed by atoms with E-state index in [0.717, 1.165) is 28.1 Å². The fourth-order valence-corrected chi connectivity index (χ4v) is 9.18.